The van der Waals surface area contributed by atoms with Crippen LogP contribution in [0.1, 0.15) is 34.1 Å². The van der Waals surface area contributed by atoms with Crippen molar-refractivity contribution in [1.29, 1.82) is 0 Å². The van der Waals surface area contributed by atoms with Crippen molar-refractivity contribution < 1.29 is 18.0 Å². The summed E-state index contributed by atoms with van der Waals surface area (Å²) < 4.78 is 23.2. The number of Topliss-reactive ketones (excluding diaryl/α,β-unsaturated/α-hetero) is 1. The molecule has 0 aromatic heterocycles. The van der Waals surface area contributed by atoms with E-state index in [1.807, 2.05) is 20.8 Å². The van der Waals surface area contributed by atoms with Gasteiger partial charge < -0.3 is 15.6 Å². The molecule has 1 aliphatic heterocycles. The van der Waals surface area contributed by atoms with Crippen LogP contribution in [0.4, 0.5) is 5.69 Å². The van der Waals surface area contributed by atoms with E-state index in [-0.39, 0.29) is 33.1 Å². The molecule has 3 rings (SSSR count). The number of hydroxylamine groups is 2. The first-order valence-electron chi connectivity index (χ1n) is 9.97. The molecular weight excluding hydrogens is 464 g/mol. The van der Waals surface area contributed by atoms with E-state index in [1.54, 1.807) is 0 Å². The molecule has 1 heterocycles. The summed E-state index contributed by atoms with van der Waals surface area (Å²) in [7, 11) is -4.00. The Bertz CT molecular complexity index is 1320. The van der Waals surface area contributed by atoms with E-state index in [9.17, 15) is 28.4 Å². The first kappa shape index (κ1) is 25.1. The van der Waals surface area contributed by atoms with Crippen LogP contribution in [0.15, 0.2) is 67.9 Å². The van der Waals surface area contributed by atoms with Gasteiger partial charge in [-0.3, -0.25) is 9.59 Å². The summed E-state index contributed by atoms with van der Waals surface area (Å²) >= 11 is 0. The van der Waals surface area contributed by atoms with Gasteiger partial charge in [-0.25, -0.2) is 13.6 Å². The van der Waals surface area contributed by atoms with Crippen molar-refractivity contribution in [2.75, 3.05) is 5.01 Å². The van der Waals surface area contributed by atoms with E-state index in [4.69, 9.17) is 5.14 Å². The lowest BCUT2D eigenvalue weighted by Gasteiger charge is -2.40. The number of ketones is 1. The van der Waals surface area contributed by atoms with Gasteiger partial charge in [0.15, 0.2) is 5.71 Å². The van der Waals surface area contributed by atoms with Crippen molar-refractivity contribution in [2.24, 2.45) is 25.9 Å². The Morgan fingerprint density at radius 1 is 1.15 bits per heavy atom. The predicted octanol–water partition coefficient (Wildman–Crippen LogP) is 1.98. The van der Waals surface area contributed by atoms with Crippen LogP contribution in [0.2, 0.25) is 0 Å². The molecular formula is C21H22N6O6S-2. The van der Waals surface area contributed by atoms with Gasteiger partial charge in [-0.05, 0) is 54.7 Å². The van der Waals surface area contributed by atoms with Crippen molar-refractivity contribution in [3.05, 3.63) is 58.1 Å². The Hall–Kier alpha value is -3.52. The SMILES string of the molecule is CC1=NN(c2cccc(S(N)(=O)=O)c2)C(=O)C1=NN=C1C=C(CC(C)(C)C)C=C(N([O-])[O-])C1=O. The number of rotatable bonds is 5. The predicted molar refractivity (Wildman–Crippen MR) is 127 cm³/mol. The number of nitrogens with two attached hydrogens (primary N) is 1. The molecule has 0 fully saturated rings. The number of allylic oxidation sites excluding steroid dienone is 4. The number of amides is 1. The van der Waals surface area contributed by atoms with Crippen LogP contribution in [0.25, 0.3) is 0 Å². The zero-order chi connectivity index (χ0) is 25.4. The summed E-state index contributed by atoms with van der Waals surface area (Å²) in [6, 6.07) is 5.31. The van der Waals surface area contributed by atoms with Crippen LogP contribution in [0.5, 0.6) is 0 Å². The molecule has 2 aliphatic rings. The molecule has 180 valence electrons. The summed E-state index contributed by atoms with van der Waals surface area (Å²) in [5.41, 5.74) is -0.512. The number of hydrazone groups is 1. The zero-order valence-electron chi connectivity index (χ0n) is 18.8. The second-order valence-corrected chi connectivity index (χ2v) is 10.4. The van der Waals surface area contributed by atoms with Gasteiger partial charge in [0.05, 0.1) is 22.0 Å². The van der Waals surface area contributed by atoms with Crippen molar-refractivity contribution in [3.8, 4) is 0 Å². The third kappa shape index (κ3) is 5.51. The molecule has 0 unspecified atom stereocenters. The quantitative estimate of drug-likeness (QED) is 0.487. The Balaban J connectivity index is 1.96. The lowest BCUT2D eigenvalue weighted by atomic mass is 9.85. The van der Waals surface area contributed by atoms with Gasteiger partial charge in [0.2, 0.25) is 15.8 Å². The highest BCUT2D eigenvalue weighted by atomic mass is 32.2. The highest BCUT2D eigenvalue weighted by molar-refractivity contribution is 7.89. The van der Waals surface area contributed by atoms with Gasteiger partial charge in [0, 0.05) is 0 Å². The van der Waals surface area contributed by atoms with E-state index >= 15 is 0 Å². The van der Waals surface area contributed by atoms with Crippen molar-refractivity contribution in [1.82, 2.24) is 5.23 Å². The summed E-state index contributed by atoms with van der Waals surface area (Å²) in [6.07, 6.45) is 3.07. The molecule has 1 aromatic carbocycles. The fraction of sp³-hybridized carbons (Fsp3) is 0.286. The molecule has 0 bridgehead atoms. The maximum atomic E-state index is 12.9. The van der Waals surface area contributed by atoms with E-state index in [0.29, 0.717) is 12.0 Å². The molecule has 2 N–H and O–H groups in total. The van der Waals surface area contributed by atoms with Gasteiger partial charge in [0.25, 0.3) is 0 Å². The number of primary sulfonamides is 1. The maximum absolute atomic E-state index is 12.9. The molecule has 0 spiro atoms. The standard InChI is InChI=1S/C21H22N6O6S/c1-12-18(20(29)26(25-12)14-6-5-7-15(10-14)34(22,32)33)24-23-16-8-13(11-21(2,3)4)9-17(19(16)28)27(30)31/h5-10H,11H2,1-4H3,(H2,22,32,33)/q-2. The molecule has 12 nitrogen and oxygen atoms in total. The smallest absolute Gasteiger partial charge is 0.301 e. The van der Waals surface area contributed by atoms with E-state index in [2.05, 4.69) is 15.3 Å². The molecule has 1 amide bonds. The fourth-order valence-corrected chi connectivity index (χ4v) is 3.82. The molecule has 0 saturated heterocycles. The minimum Gasteiger partial charge on any atom is -0.769 e. The summed E-state index contributed by atoms with van der Waals surface area (Å²) in [5, 5.41) is 39.8. The van der Waals surface area contributed by atoms with Crippen molar-refractivity contribution >= 4 is 44.5 Å². The molecule has 1 aromatic rings. The third-order valence-corrected chi connectivity index (χ3v) is 5.59. The average molecular weight is 487 g/mol. The van der Waals surface area contributed by atoms with Crippen LogP contribution >= 0.6 is 0 Å². The van der Waals surface area contributed by atoms with Gasteiger partial charge in [-0.2, -0.15) is 10.1 Å². The minimum absolute atomic E-state index is 0.133. The van der Waals surface area contributed by atoms with Crippen LogP contribution < -0.4 is 10.1 Å². The second-order valence-electron chi connectivity index (χ2n) is 8.85. The minimum atomic E-state index is -4.00. The first-order chi connectivity index (χ1) is 15.7. The Labute approximate surface area is 196 Å². The van der Waals surface area contributed by atoms with Crippen LogP contribution in [-0.4, -0.2) is 42.5 Å². The monoisotopic (exact) mass is 486 g/mol. The van der Waals surface area contributed by atoms with Gasteiger partial charge >= 0.3 is 5.91 Å². The van der Waals surface area contributed by atoms with Crippen molar-refractivity contribution in [2.45, 2.75) is 39.0 Å². The first-order valence-corrected chi connectivity index (χ1v) is 11.5. The van der Waals surface area contributed by atoms with Crippen LogP contribution in [-0.2, 0) is 19.6 Å². The molecule has 34 heavy (non-hydrogen) atoms. The number of carbonyl (C=O) groups is 2. The lowest BCUT2D eigenvalue weighted by Crippen LogP contribution is -2.28. The number of hydrogen-bond acceptors (Lipinski definition) is 10. The summed E-state index contributed by atoms with van der Waals surface area (Å²) in [6.45, 7) is 7.30. The average Bonchev–Trinajstić information content (AvgIpc) is 3.00. The number of sulfonamides is 1. The number of hydrogen-bond donors (Lipinski definition) is 1. The Kier molecular flexibility index (Phi) is 6.66. The summed E-state index contributed by atoms with van der Waals surface area (Å²) in [4.78, 5) is 25.2. The van der Waals surface area contributed by atoms with E-state index in [0.717, 1.165) is 5.01 Å². The largest absolute Gasteiger partial charge is 0.769 e. The molecule has 1 aliphatic carbocycles. The highest BCUT2D eigenvalue weighted by Gasteiger charge is 2.32. The van der Waals surface area contributed by atoms with E-state index < -0.39 is 32.6 Å². The highest BCUT2D eigenvalue weighted by Crippen LogP contribution is 2.28. The topological polar surface area (TPSA) is 184 Å². The lowest BCUT2D eigenvalue weighted by molar-refractivity contribution is -0.112. The van der Waals surface area contributed by atoms with Gasteiger partial charge in [-0.1, -0.05) is 26.8 Å². The Morgan fingerprint density at radius 2 is 1.82 bits per heavy atom. The maximum Gasteiger partial charge on any atom is 0.301 e. The van der Waals surface area contributed by atoms with Crippen LogP contribution in [0, 0.1) is 15.8 Å². The van der Waals surface area contributed by atoms with Gasteiger partial charge in [0.1, 0.15) is 5.71 Å². The van der Waals surface area contributed by atoms with Gasteiger partial charge in [-0.15, -0.1) is 10.2 Å². The Morgan fingerprint density at radius 3 is 2.41 bits per heavy atom. The van der Waals surface area contributed by atoms with E-state index in [1.165, 1.54) is 43.3 Å². The van der Waals surface area contributed by atoms with Crippen molar-refractivity contribution in [3.63, 3.8) is 0 Å². The zero-order valence-corrected chi connectivity index (χ0v) is 19.7. The second kappa shape index (κ2) is 9.02. The number of anilines is 1. The molecule has 0 saturated carbocycles. The fourth-order valence-electron chi connectivity index (χ4n) is 3.26. The van der Waals surface area contributed by atoms with Crippen LogP contribution in [0.3, 0.4) is 0 Å². The summed E-state index contributed by atoms with van der Waals surface area (Å²) in [5.74, 6) is -1.65. The molecule has 13 heteroatoms. The molecule has 0 radical (unpaired) electrons. The normalized spacial score (nSPS) is 19.5. The third-order valence-electron chi connectivity index (χ3n) is 4.68. The number of benzene rings is 1. The number of nitrogens with zero attached hydrogens (tertiary/aromatic N) is 5. The molecule has 0 atom stereocenters. The number of carbonyl (C=O) groups excluding carboxylic acids is 2.